The maximum atomic E-state index is 12.1. The predicted molar refractivity (Wildman–Crippen MR) is 120 cm³/mol. The smallest absolute Gasteiger partial charge is 0.240 e. The molecule has 0 spiro atoms. The lowest BCUT2D eigenvalue weighted by atomic mass is 10.2. The summed E-state index contributed by atoms with van der Waals surface area (Å²) in [7, 11) is 0. The number of halogens is 1. The molecule has 150 valence electrons. The molecule has 1 fully saturated rings. The zero-order valence-electron chi connectivity index (χ0n) is 15.6. The number of hydrogen-bond acceptors (Lipinski definition) is 6. The van der Waals surface area contributed by atoms with E-state index >= 15 is 0 Å². The highest BCUT2D eigenvalue weighted by Gasteiger charge is 2.32. The Morgan fingerprint density at radius 3 is 2.83 bits per heavy atom. The highest BCUT2D eigenvalue weighted by molar-refractivity contribution is 9.10. The number of anilines is 1. The normalized spacial score (nSPS) is 17.5. The van der Waals surface area contributed by atoms with Crippen molar-refractivity contribution in [3.63, 3.8) is 0 Å². The molecule has 0 aromatic heterocycles. The van der Waals surface area contributed by atoms with Gasteiger partial charge in [-0.1, -0.05) is 30.0 Å². The minimum absolute atomic E-state index is 0.0555. The third kappa shape index (κ3) is 6.16. The van der Waals surface area contributed by atoms with E-state index in [1.165, 1.54) is 11.8 Å². The van der Waals surface area contributed by atoms with Crippen LogP contribution in [0.25, 0.3) is 0 Å². The van der Waals surface area contributed by atoms with Crippen molar-refractivity contribution in [1.29, 1.82) is 0 Å². The Morgan fingerprint density at radius 1 is 1.31 bits per heavy atom. The molecule has 2 N–H and O–H groups in total. The number of ether oxygens (including phenoxy) is 1. The van der Waals surface area contributed by atoms with Crippen LogP contribution in [0.15, 0.2) is 63.2 Å². The van der Waals surface area contributed by atoms with Gasteiger partial charge in [-0.2, -0.15) is 5.10 Å². The highest BCUT2D eigenvalue weighted by atomic mass is 79.9. The van der Waals surface area contributed by atoms with Crippen LogP contribution in [0, 0.1) is 0 Å². The number of thioether (sulfide) groups is 1. The third-order valence-electron chi connectivity index (χ3n) is 3.82. The number of nitrogens with zero attached hydrogens (tertiary/aromatic N) is 2. The number of rotatable bonds is 7. The minimum atomic E-state index is -0.535. The van der Waals surface area contributed by atoms with E-state index in [-0.39, 0.29) is 18.2 Å². The van der Waals surface area contributed by atoms with Crippen LogP contribution in [0.4, 0.5) is 5.69 Å². The van der Waals surface area contributed by atoms with E-state index < -0.39 is 5.25 Å². The molecule has 2 amide bonds. The van der Waals surface area contributed by atoms with Gasteiger partial charge in [-0.3, -0.25) is 9.59 Å². The van der Waals surface area contributed by atoms with E-state index in [4.69, 9.17) is 4.74 Å². The van der Waals surface area contributed by atoms with Crippen molar-refractivity contribution >= 4 is 56.6 Å². The fraction of sp³-hybridized carbons (Fsp3) is 0.200. The zero-order valence-corrected chi connectivity index (χ0v) is 18.0. The lowest BCUT2D eigenvalue weighted by Crippen LogP contribution is -2.28. The lowest BCUT2D eigenvalue weighted by molar-refractivity contribution is -0.122. The molecular formula is C20H19BrN4O3S. The van der Waals surface area contributed by atoms with E-state index in [9.17, 15) is 9.59 Å². The van der Waals surface area contributed by atoms with Gasteiger partial charge < -0.3 is 15.4 Å². The second-order valence-electron chi connectivity index (χ2n) is 5.99. The maximum absolute atomic E-state index is 12.1. The summed E-state index contributed by atoms with van der Waals surface area (Å²) in [6.45, 7) is 2.51. The molecule has 2 aromatic carbocycles. The first-order valence-corrected chi connectivity index (χ1v) is 10.6. The van der Waals surface area contributed by atoms with Gasteiger partial charge in [0, 0.05) is 12.1 Å². The first kappa shape index (κ1) is 21.1. The molecule has 29 heavy (non-hydrogen) atoms. The molecule has 0 bridgehead atoms. The summed E-state index contributed by atoms with van der Waals surface area (Å²) in [5, 5.41) is 13.3. The number of carbonyl (C=O) groups is 2. The van der Waals surface area contributed by atoms with Crippen LogP contribution in [-0.4, -0.2) is 35.1 Å². The van der Waals surface area contributed by atoms with Crippen LogP contribution < -0.4 is 15.4 Å². The van der Waals surface area contributed by atoms with Crippen molar-refractivity contribution in [2.24, 2.45) is 10.2 Å². The number of amides is 2. The summed E-state index contributed by atoms with van der Waals surface area (Å²) in [4.78, 5) is 24.2. The summed E-state index contributed by atoms with van der Waals surface area (Å²) >= 11 is 4.64. The van der Waals surface area contributed by atoms with Gasteiger partial charge in [0.25, 0.3) is 0 Å². The molecule has 0 aliphatic carbocycles. The number of benzene rings is 2. The van der Waals surface area contributed by atoms with Gasteiger partial charge in [0.15, 0.2) is 5.17 Å². The molecule has 0 radical (unpaired) electrons. The Balaban J connectivity index is 1.55. The largest absolute Gasteiger partial charge is 0.493 e. The number of carbonyl (C=O) groups excluding carboxylic acids is 2. The summed E-state index contributed by atoms with van der Waals surface area (Å²) in [6, 6.07) is 14.7. The summed E-state index contributed by atoms with van der Waals surface area (Å²) < 4.78 is 6.29. The molecule has 1 aliphatic heterocycles. The molecule has 1 heterocycles. The molecule has 0 unspecified atom stereocenters. The van der Waals surface area contributed by atoms with Crippen LogP contribution in [0.3, 0.4) is 0 Å². The van der Waals surface area contributed by atoms with Gasteiger partial charge in [-0.15, -0.1) is 5.10 Å². The predicted octanol–water partition coefficient (Wildman–Crippen LogP) is 3.80. The average molecular weight is 475 g/mol. The molecule has 3 rings (SSSR count). The fourth-order valence-corrected chi connectivity index (χ4v) is 3.94. The van der Waals surface area contributed by atoms with Gasteiger partial charge in [0.2, 0.25) is 11.8 Å². The first-order valence-electron chi connectivity index (χ1n) is 8.91. The van der Waals surface area contributed by atoms with Crippen molar-refractivity contribution in [2.75, 3.05) is 11.9 Å². The SMILES string of the molecule is CCOc1ccc(/C=N\N=C2/NC(=O)[C@@H](CC(=O)Nc3ccccc3)S2)cc1Br. The van der Waals surface area contributed by atoms with Crippen molar-refractivity contribution in [3.05, 3.63) is 58.6 Å². The molecule has 0 saturated carbocycles. The monoisotopic (exact) mass is 474 g/mol. The van der Waals surface area contributed by atoms with E-state index in [0.717, 1.165) is 15.8 Å². The van der Waals surface area contributed by atoms with Crippen molar-refractivity contribution < 1.29 is 14.3 Å². The molecule has 1 aliphatic rings. The second kappa shape index (κ2) is 10.2. The Kier molecular flexibility index (Phi) is 7.42. The number of para-hydroxylation sites is 1. The van der Waals surface area contributed by atoms with Crippen LogP contribution in [0.1, 0.15) is 18.9 Å². The van der Waals surface area contributed by atoms with Crippen LogP contribution in [0.5, 0.6) is 5.75 Å². The van der Waals surface area contributed by atoms with Crippen molar-refractivity contribution in [3.8, 4) is 5.75 Å². The Morgan fingerprint density at radius 2 is 2.10 bits per heavy atom. The number of amidine groups is 1. The Bertz CT molecular complexity index is 950. The molecule has 2 aromatic rings. The summed E-state index contributed by atoms with van der Waals surface area (Å²) in [6.07, 6.45) is 1.63. The fourth-order valence-electron chi connectivity index (χ4n) is 2.51. The van der Waals surface area contributed by atoms with E-state index in [2.05, 4.69) is 36.8 Å². The van der Waals surface area contributed by atoms with Crippen molar-refractivity contribution in [2.45, 2.75) is 18.6 Å². The summed E-state index contributed by atoms with van der Waals surface area (Å²) in [5.41, 5.74) is 1.53. The van der Waals surface area contributed by atoms with Gasteiger partial charge in [0.1, 0.15) is 11.0 Å². The quantitative estimate of drug-likeness (QED) is 0.471. The Hall–Kier alpha value is -2.65. The zero-order chi connectivity index (χ0) is 20.6. The lowest BCUT2D eigenvalue weighted by Gasteiger charge is -2.06. The molecule has 1 atom stereocenters. The van der Waals surface area contributed by atoms with E-state index in [0.29, 0.717) is 17.5 Å². The first-order chi connectivity index (χ1) is 14.0. The molecule has 9 heteroatoms. The minimum Gasteiger partial charge on any atom is -0.493 e. The van der Waals surface area contributed by atoms with Crippen LogP contribution in [0.2, 0.25) is 0 Å². The Labute approximate surface area is 181 Å². The highest BCUT2D eigenvalue weighted by Crippen LogP contribution is 2.26. The van der Waals surface area contributed by atoms with E-state index in [1.54, 1.807) is 18.3 Å². The van der Waals surface area contributed by atoms with Crippen LogP contribution >= 0.6 is 27.7 Å². The van der Waals surface area contributed by atoms with Gasteiger partial charge >= 0.3 is 0 Å². The maximum Gasteiger partial charge on any atom is 0.240 e. The molecular weight excluding hydrogens is 456 g/mol. The van der Waals surface area contributed by atoms with Gasteiger partial charge in [-0.25, -0.2) is 0 Å². The summed E-state index contributed by atoms with van der Waals surface area (Å²) in [5.74, 6) is 0.273. The second-order valence-corrected chi connectivity index (χ2v) is 8.03. The standard InChI is InChI=1S/C20H19BrN4O3S/c1-2-28-16-9-8-13(10-15(16)21)12-22-25-20-24-19(27)17(29-20)11-18(26)23-14-6-4-3-5-7-14/h3-10,12,17H,2,11H2,1H3,(H,23,26)(H,24,25,27)/b22-12-/t17-/m1/s1. The topological polar surface area (TPSA) is 92.2 Å². The third-order valence-corrected chi connectivity index (χ3v) is 5.51. The molecule has 7 nitrogen and oxygen atoms in total. The van der Waals surface area contributed by atoms with E-state index in [1.807, 2.05) is 43.3 Å². The average Bonchev–Trinajstić information content (AvgIpc) is 3.04. The number of nitrogens with one attached hydrogen (secondary N) is 2. The van der Waals surface area contributed by atoms with Crippen molar-refractivity contribution in [1.82, 2.24) is 5.32 Å². The van der Waals surface area contributed by atoms with Gasteiger partial charge in [0.05, 0.1) is 17.3 Å². The van der Waals surface area contributed by atoms with Crippen LogP contribution in [-0.2, 0) is 9.59 Å². The molecule has 1 saturated heterocycles. The van der Waals surface area contributed by atoms with Gasteiger partial charge in [-0.05, 0) is 58.7 Å². The number of hydrogen-bond donors (Lipinski definition) is 2.